The largest absolute Gasteiger partial charge is 0.495 e. The molecule has 122 valence electrons. The first-order valence-electron chi connectivity index (χ1n) is 6.30. The van der Waals surface area contributed by atoms with E-state index in [2.05, 4.69) is 42.4 Å². The highest BCUT2D eigenvalue weighted by atomic mass is 79.9. The number of nitrogens with one attached hydrogen (secondary N) is 1. The van der Waals surface area contributed by atoms with Gasteiger partial charge in [-0.1, -0.05) is 15.9 Å². The molecule has 8 heteroatoms. The minimum atomic E-state index is -4.35. The van der Waals surface area contributed by atoms with Crippen LogP contribution in [-0.2, 0) is 6.18 Å². The molecular formula is C15H11Br2F3N2O. The van der Waals surface area contributed by atoms with Gasteiger partial charge in [-0.3, -0.25) is 5.43 Å². The second kappa shape index (κ2) is 7.35. The Kier molecular flexibility index (Phi) is 5.69. The molecule has 0 saturated heterocycles. The number of rotatable bonds is 4. The standard InChI is InChI=1S/C15H11Br2F3N2O/c1-23-14-9(6-11(16)7-13(14)17)8-21-22-12-4-2-10(3-5-12)15(18,19)20/h2-8,22H,1H3/b21-8+. The van der Waals surface area contributed by atoms with E-state index in [-0.39, 0.29) is 0 Å². The molecule has 0 aliphatic rings. The predicted octanol–water partition coefficient (Wildman–Crippen LogP) is 5.69. The molecule has 0 unspecified atom stereocenters. The first kappa shape index (κ1) is 17.8. The van der Waals surface area contributed by atoms with E-state index < -0.39 is 11.7 Å². The fraction of sp³-hybridized carbons (Fsp3) is 0.133. The molecule has 0 heterocycles. The van der Waals surface area contributed by atoms with Crippen molar-refractivity contribution in [2.45, 2.75) is 6.18 Å². The lowest BCUT2D eigenvalue weighted by Gasteiger charge is -2.08. The number of ether oxygens (including phenoxy) is 1. The van der Waals surface area contributed by atoms with E-state index >= 15 is 0 Å². The lowest BCUT2D eigenvalue weighted by atomic mass is 10.2. The highest BCUT2D eigenvalue weighted by molar-refractivity contribution is 9.11. The second-order valence-corrected chi connectivity index (χ2v) is 6.23. The van der Waals surface area contributed by atoms with Crippen LogP contribution in [-0.4, -0.2) is 13.3 Å². The molecule has 0 spiro atoms. The fourth-order valence-corrected chi connectivity index (χ4v) is 3.22. The van der Waals surface area contributed by atoms with E-state index in [0.717, 1.165) is 21.1 Å². The van der Waals surface area contributed by atoms with E-state index in [1.54, 1.807) is 0 Å². The lowest BCUT2D eigenvalue weighted by Crippen LogP contribution is -2.04. The normalized spacial score (nSPS) is 11.7. The first-order chi connectivity index (χ1) is 10.8. The molecule has 0 radical (unpaired) electrons. The Morgan fingerprint density at radius 1 is 1.13 bits per heavy atom. The third-order valence-corrected chi connectivity index (χ3v) is 3.90. The lowest BCUT2D eigenvalue weighted by molar-refractivity contribution is -0.137. The second-order valence-electron chi connectivity index (χ2n) is 4.46. The Labute approximate surface area is 147 Å². The van der Waals surface area contributed by atoms with Gasteiger partial charge in [0.1, 0.15) is 5.75 Å². The number of benzene rings is 2. The van der Waals surface area contributed by atoms with E-state index in [9.17, 15) is 13.2 Å². The summed E-state index contributed by atoms with van der Waals surface area (Å²) in [6.07, 6.45) is -2.83. The fourth-order valence-electron chi connectivity index (χ4n) is 1.80. The van der Waals surface area contributed by atoms with Gasteiger partial charge in [-0.2, -0.15) is 18.3 Å². The van der Waals surface area contributed by atoms with Gasteiger partial charge in [-0.25, -0.2) is 0 Å². The van der Waals surface area contributed by atoms with Gasteiger partial charge in [0, 0.05) is 10.0 Å². The molecule has 0 aromatic heterocycles. The van der Waals surface area contributed by atoms with Gasteiger partial charge in [0.05, 0.1) is 29.0 Å². The Morgan fingerprint density at radius 3 is 2.35 bits per heavy atom. The Bertz CT molecular complexity index is 716. The van der Waals surface area contributed by atoms with Gasteiger partial charge in [0.2, 0.25) is 0 Å². The van der Waals surface area contributed by atoms with Crippen LogP contribution < -0.4 is 10.2 Å². The minimum Gasteiger partial charge on any atom is -0.495 e. The molecule has 0 saturated carbocycles. The van der Waals surface area contributed by atoms with Crippen molar-refractivity contribution in [1.82, 2.24) is 0 Å². The molecule has 23 heavy (non-hydrogen) atoms. The molecule has 0 amide bonds. The third kappa shape index (κ3) is 4.71. The van der Waals surface area contributed by atoms with Crippen LogP contribution in [0.5, 0.6) is 5.75 Å². The van der Waals surface area contributed by atoms with Gasteiger partial charge in [0.15, 0.2) is 0 Å². The molecule has 0 bridgehead atoms. The Balaban J connectivity index is 2.13. The van der Waals surface area contributed by atoms with Crippen molar-refractivity contribution in [3.63, 3.8) is 0 Å². The maximum atomic E-state index is 12.5. The van der Waals surface area contributed by atoms with Crippen molar-refractivity contribution < 1.29 is 17.9 Å². The van der Waals surface area contributed by atoms with Crippen molar-refractivity contribution in [3.8, 4) is 5.75 Å². The predicted molar refractivity (Wildman–Crippen MR) is 91.1 cm³/mol. The van der Waals surface area contributed by atoms with Crippen LogP contribution in [0.4, 0.5) is 18.9 Å². The number of nitrogens with zero attached hydrogens (tertiary/aromatic N) is 1. The highest BCUT2D eigenvalue weighted by Gasteiger charge is 2.29. The van der Waals surface area contributed by atoms with Gasteiger partial charge in [0.25, 0.3) is 0 Å². The summed E-state index contributed by atoms with van der Waals surface area (Å²) < 4.78 is 44.3. The summed E-state index contributed by atoms with van der Waals surface area (Å²) in [5.41, 5.74) is 3.12. The smallest absolute Gasteiger partial charge is 0.416 e. The maximum Gasteiger partial charge on any atom is 0.416 e. The number of hydrazone groups is 1. The minimum absolute atomic E-state index is 0.447. The van der Waals surface area contributed by atoms with Crippen LogP contribution in [0.1, 0.15) is 11.1 Å². The van der Waals surface area contributed by atoms with Crippen LogP contribution in [0.3, 0.4) is 0 Å². The summed E-state index contributed by atoms with van der Waals surface area (Å²) in [6, 6.07) is 8.26. The molecule has 3 nitrogen and oxygen atoms in total. The van der Waals surface area contributed by atoms with E-state index in [1.165, 1.54) is 25.5 Å². The monoisotopic (exact) mass is 450 g/mol. The number of anilines is 1. The van der Waals surface area contributed by atoms with Gasteiger partial charge >= 0.3 is 6.18 Å². The van der Waals surface area contributed by atoms with Crippen molar-refractivity contribution in [3.05, 3.63) is 56.5 Å². The topological polar surface area (TPSA) is 33.6 Å². The molecule has 1 N–H and O–H groups in total. The third-order valence-electron chi connectivity index (χ3n) is 2.85. The zero-order chi connectivity index (χ0) is 17.0. The molecule has 0 aliphatic carbocycles. The van der Waals surface area contributed by atoms with Gasteiger partial charge in [-0.15, -0.1) is 0 Å². The quantitative estimate of drug-likeness (QED) is 0.478. The van der Waals surface area contributed by atoms with Crippen LogP contribution in [0.15, 0.2) is 50.4 Å². The van der Waals surface area contributed by atoms with Crippen molar-refractivity contribution >= 4 is 43.8 Å². The number of halogens is 5. The summed E-state index contributed by atoms with van der Waals surface area (Å²) in [5.74, 6) is 0.603. The number of hydrogen-bond acceptors (Lipinski definition) is 3. The van der Waals surface area contributed by atoms with E-state index in [0.29, 0.717) is 17.0 Å². The summed E-state index contributed by atoms with van der Waals surface area (Å²) >= 11 is 6.74. The summed E-state index contributed by atoms with van der Waals surface area (Å²) in [4.78, 5) is 0. The molecular weight excluding hydrogens is 441 g/mol. The van der Waals surface area contributed by atoms with E-state index in [1.807, 2.05) is 12.1 Å². The van der Waals surface area contributed by atoms with Crippen LogP contribution in [0, 0.1) is 0 Å². The SMILES string of the molecule is COc1c(Br)cc(Br)cc1/C=N/Nc1ccc(C(F)(F)F)cc1. The average molecular weight is 452 g/mol. The first-order valence-corrected chi connectivity index (χ1v) is 7.89. The van der Waals surface area contributed by atoms with Crippen molar-refractivity contribution in [2.75, 3.05) is 12.5 Å². The zero-order valence-corrected chi connectivity index (χ0v) is 15.0. The van der Waals surface area contributed by atoms with Crippen molar-refractivity contribution in [2.24, 2.45) is 5.10 Å². The summed E-state index contributed by atoms with van der Waals surface area (Å²) in [6.45, 7) is 0. The van der Waals surface area contributed by atoms with Gasteiger partial charge < -0.3 is 4.74 Å². The van der Waals surface area contributed by atoms with Gasteiger partial charge in [-0.05, 0) is 52.3 Å². The highest BCUT2D eigenvalue weighted by Crippen LogP contribution is 2.32. The number of methoxy groups -OCH3 is 1. The van der Waals surface area contributed by atoms with Crippen molar-refractivity contribution in [1.29, 1.82) is 0 Å². The Hall–Kier alpha value is -1.54. The van der Waals surface area contributed by atoms with E-state index in [4.69, 9.17) is 4.74 Å². The number of hydrogen-bond donors (Lipinski definition) is 1. The Morgan fingerprint density at radius 2 is 1.78 bits per heavy atom. The summed E-state index contributed by atoms with van der Waals surface area (Å²) in [5, 5.41) is 4.02. The maximum absolute atomic E-state index is 12.5. The number of alkyl halides is 3. The van der Waals surface area contributed by atoms with Crippen LogP contribution >= 0.6 is 31.9 Å². The van der Waals surface area contributed by atoms with Crippen LogP contribution in [0.2, 0.25) is 0 Å². The zero-order valence-electron chi connectivity index (χ0n) is 11.8. The molecule has 2 aromatic rings. The molecule has 2 rings (SSSR count). The molecule has 0 fully saturated rings. The van der Waals surface area contributed by atoms with Crippen LogP contribution in [0.25, 0.3) is 0 Å². The molecule has 2 aromatic carbocycles. The molecule has 0 aliphatic heterocycles. The average Bonchev–Trinajstić information content (AvgIpc) is 2.46. The molecule has 0 atom stereocenters. The summed E-state index contributed by atoms with van der Waals surface area (Å²) in [7, 11) is 1.54.